The average molecular weight is 201 g/mol. The van der Waals surface area contributed by atoms with Gasteiger partial charge in [0.15, 0.2) is 0 Å². The smallest absolute Gasteiger partial charge is 0.409 e. The molecule has 5 nitrogen and oxygen atoms in total. The van der Waals surface area contributed by atoms with Crippen LogP contribution in [0.4, 0.5) is 4.79 Å². The molecule has 1 aliphatic heterocycles. The van der Waals surface area contributed by atoms with Crippen molar-refractivity contribution in [2.45, 2.75) is 25.8 Å². The van der Waals surface area contributed by atoms with Gasteiger partial charge in [0.05, 0.1) is 18.6 Å². The van der Waals surface area contributed by atoms with Gasteiger partial charge < -0.3 is 14.7 Å². The van der Waals surface area contributed by atoms with Gasteiger partial charge in [-0.15, -0.1) is 0 Å². The van der Waals surface area contributed by atoms with Gasteiger partial charge in [0.25, 0.3) is 0 Å². The van der Waals surface area contributed by atoms with Crippen LogP contribution >= 0.6 is 0 Å². The summed E-state index contributed by atoms with van der Waals surface area (Å²) in [7, 11) is 1.30. The van der Waals surface area contributed by atoms with Gasteiger partial charge in [0, 0.05) is 6.54 Å². The molecule has 1 unspecified atom stereocenters. The Morgan fingerprint density at radius 3 is 2.43 bits per heavy atom. The first-order valence-electron chi connectivity index (χ1n) is 4.49. The molecule has 1 heterocycles. The van der Waals surface area contributed by atoms with E-state index in [1.165, 1.54) is 12.0 Å². The predicted molar refractivity (Wildman–Crippen MR) is 48.9 cm³/mol. The normalized spacial score (nSPS) is 24.8. The zero-order valence-corrected chi connectivity index (χ0v) is 8.61. The van der Waals surface area contributed by atoms with Gasteiger partial charge in [-0.2, -0.15) is 0 Å². The number of hydrogen-bond acceptors (Lipinski definition) is 3. The fraction of sp³-hybridized carbons (Fsp3) is 0.778. The van der Waals surface area contributed by atoms with Crippen molar-refractivity contribution < 1.29 is 19.4 Å². The number of hydrogen-bond donors (Lipinski definition) is 1. The third-order valence-electron chi connectivity index (χ3n) is 2.88. The Hall–Kier alpha value is -1.26. The van der Waals surface area contributed by atoms with Crippen molar-refractivity contribution in [1.82, 2.24) is 4.90 Å². The van der Waals surface area contributed by atoms with Gasteiger partial charge in [0.2, 0.25) is 0 Å². The molecule has 1 saturated heterocycles. The van der Waals surface area contributed by atoms with E-state index in [2.05, 4.69) is 4.74 Å². The highest BCUT2D eigenvalue weighted by atomic mass is 16.5. The lowest BCUT2D eigenvalue weighted by Crippen LogP contribution is -2.47. The molecule has 0 aliphatic carbocycles. The van der Waals surface area contributed by atoms with Crippen molar-refractivity contribution in [2.75, 3.05) is 13.7 Å². The highest BCUT2D eigenvalue weighted by Gasteiger charge is 2.47. The molecule has 0 spiro atoms. The van der Waals surface area contributed by atoms with Crippen molar-refractivity contribution in [3.8, 4) is 0 Å². The minimum absolute atomic E-state index is 0.441. The van der Waals surface area contributed by atoms with Crippen molar-refractivity contribution in [3.05, 3.63) is 0 Å². The van der Waals surface area contributed by atoms with Crippen LogP contribution in [0.15, 0.2) is 0 Å². The molecular formula is C9H15NO4. The summed E-state index contributed by atoms with van der Waals surface area (Å²) in [4.78, 5) is 23.7. The maximum absolute atomic E-state index is 11.3. The molecule has 1 rings (SSSR count). The number of carbonyl (C=O) groups excluding carboxylic acids is 1. The van der Waals surface area contributed by atoms with E-state index in [0.29, 0.717) is 13.0 Å². The molecule has 0 aromatic rings. The number of methoxy groups -OCH3 is 1. The number of carboxylic acid groups (broad SMARTS) is 1. The highest BCUT2D eigenvalue weighted by Crippen LogP contribution is 2.34. The van der Waals surface area contributed by atoms with E-state index in [1.54, 1.807) is 13.8 Å². The summed E-state index contributed by atoms with van der Waals surface area (Å²) in [6, 6.07) is 0. The Morgan fingerprint density at radius 2 is 2.07 bits per heavy atom. The van der Waals surface area contributed by atoms with Crippen LogP contribution in [-0.2, 0) is 9.53 Å². The molecule has 0 aromatic heterocycles. The lowest BCUT2D eigenvalue weighted by Gasteiger charge is -2.32. The molecule has 0 bridgehead atoms. The summed E-state index contributed by atoms with van der Waals surface area (Å²) < 4.78 is 4.59. The molecule has 1 fully saturated rings. The summed E-state index contributed by atoms with van der Waals surface area (Å²) in [6.07, 6.45) is 0.0241. The SMILES string of the molecule is COC(=O)N1CCC(C(=O)O)C1(C)C. The number of nitrogens with zero attached hydrogens (tertiary/aromatic N) is 1. The van der Waals surface area contributed by atoms with Crippen LogP contribution in [0.25, 0.3) is 0 Å². The van der Waals surface area contributed by atoms with Crippen molar-refractivity contribution in [2.24, 2.45) is 5.92 Å². The molecule has 1 aliphatic rings. The third kappa shape index (κ3) is 1.54. The molecule has 1 N–H and O–H groups in total. The van der Waals surface area contributed by atoms with Crippen LogP contribution in [0.5, 0.6) is 0 Å². The van der Waals surface area contributed by atoms with Gasteiger partial charge >= 0.3 is 12.1 Å². The average Bonchev–Trinajstić information content (AvgIpc) is 2.39. The van der Waals surface area contributed by atoms with Crippen LogP contribution in [0.1, 0.15) is 20.3 Å². The maximum atomic E-state index is 11.3. The Bertz CT molecular complexity index is 262. The first-order chi connectivity index (χ1) is 6.41. The molecule has 1 amide bonds. The number of carboxylic acids is 1. The van der Waals surface area contributed by atoms with Gasteiger partial charge in [-0.3, -0.25) is 4.79 Å². The number of likely N-dealkylation sites (tertiary alicyclic amines) is 1. The van der Waals surface area contributed by atoms with E-state index in [-0.39, 0.29) is 0 Å². The predicted octanol–water partition coefficient (Wildman–Crippen LogP) is 0.938. The zero-order valence-electron chi connectivity index (χ0n) is 8.61. The third-order valence-corrected chi connectivity index (χ3v) is 2.88. The summed E-state index contributed by atoms with van der Waals surface area (Å²) in [5.74, 6) is -1.37. The van der Waals surface area contributed by atoms with Crippen molar-refractivity contribution in [3.63, 3.8) is 0 Å². The van der Waals surface area contributed by atoms with E-state index < -0.39 is 23.5 Å². The lowest BCUT2D eigenvalue weighted by molar-refractivity contribution is -0.143. The fourth-order valence-corrected chi connectivity index (χ4v) is 1.95. The number of aliphatic carboxylic acids is 1. The van der Waals surface area contributed by atoms with Gasteiger partial charge in [-0.05, 0) is 20.3 Å². The maximum Gasteiger partial charge on any atom is 0.409 e. The molecule has 0 aromatic carbocycles. The van der Waals surface area contributed by atoms with Crippen LogP contribution in [0.2, 0.25) is 0 Å². The summed E-state index contributed by atoms with van der Waals surface area (Å²) in [5, 5.41) is 8.94. The van der Waals surface area contributed by atoms with Crippen molar-refractivity contribution >= 4 is 12.1 Å². The number of amides is 1. The molecular weight excluding hydrogens is 186 g/mol. The first kappa shape index (κ1) is 10.8. The van der Waals surface area contributed by atoms with Gasteiger partial charge in [0.1, 0.15) is 0 Å². The summed E-state index contributed by atoms with van der Waals surface area (Å²) in [5.41, 5.74) is -0.668. The quantitative estimate of drug-likeness (QED) is 0.685. The summed E-state index contributed by atoms with van der Waals surface area (Å²) >= 11 is 0. The van der Waals surface area contributed by atoms with Crippen LogP contribution in [0, 0.1) is 5.92 Å². The Labute approximate surface area is 82.6 Å². The Balaban J connectivity index is 2.86. The second-order valence-corrected chi connectivity index (χ2v) is 3.95. The van der Waals surface area contributed by atoms with E-state index in [9.17, 15) is 9.59 Å². The molecule has 80 valence electrons. The van der Waals surface area contributed by atoms with E-state index in [4.69, 9.17) is 5.11 Å². The molecule has 14 heavy (non-hydrogen) atoms. The molecule has 0 radical (unpaired) electrons. The second-order valence-electron chi connectivity index (χ2n) is 3.95. The number of ether oxygens (including phenoxy) is 1. The summed E-state index contributed by atoms with van der Waals surface area (Å²) in [6.45, 7) is 3.93. The number of carbonyl (C=O) groups is 2. The molecule has 0 saturated carbocycles. The van der Waals surface area contributed by atoms with Gasteiger partial charge in [-0.1, -0.05) is 0 Å². The Kier molecular flexibility index (Phi) is 2.69. The standard InChI is InChI=1S/C9H15NO4/c1-9(2)6(7(11)12)4-5-10(9)8(13)14-3/h6H,4-5H2,1-3H3,(H,11,12). The number of rotatable bonds is 1. The second kappa shape index (κ2) is 3.48. The molecule has 1 atom stereocenters. The van der Waals surface area contributed by atoms with E-state index in [0.717, 1.165) is 0 Å². The Morgan fingerprint density at radius 1 is 1.50 bits per heavy atom. The van der Waals surface area contributed by atoms with Crippen molar-refractivity contribution in [1.29, 1.82) is 0 Å². The van der Waals surface area contributed by atoms with Crippen LogP contribution in [0.3, 0.4) is 0 Å². The van der Waals surface area contributed by atoms with Crippen LogP contribution < -0.4 is 0 Å². The first-order valence-corrected chi connectivity index (χ1v) is 4.49. The highest BCUT2D eigenvalue weighted by molar-refractivity contribution is 5.76. The lowest BCUT2D eigenvalue weighted by atomic mass is 9.89. The minimum atomic E-state index is -0.860. The monoisotopic (exact) mass is 201 g/mol. The fourth-order valence-electron chi connectivity index (χ4n) is 1.95. The van der Waals surface area contributed by atoms with E-state index >= 15 is 0 Å². The van der Waals surface area contributed by atoms with E-state index in [1.807, 2.05) is 0 Å². The topological polar surface area (TPSA) is 66.8 Å². The zero-order chi connectivity index (χ0) is 10.9. The largest absolute Gasteiger partial charge is 0.481 e. The molecule has 5 heteroatoms. The minimum Gasteiger partial charge on any atom is -0.481 e. The van der Waals surface area contributed by atoms with Gasteiger partial charge in [-0.25, -0.2) is 4.79 Å². The van der Waals surface area contributed by atoms with Crippen LogP contribution in [-0.4, -0.2) is 41.3 Å².